The SMILES string of the molecule is CCOC(=O)N1CC[C@]2(O)CCCC[C@@H]2[C@H]1c1cc(OC)ccc1OC. The first-order chi connectivity index (χ1) is 12.5. The molecule has 0 radical (unpaired) electrons. The Morgan fingerprint density at radius 1 is 1.27 bits per heavy atom. The number of rotatable bonds is 4. The van der Waals surface area contributed by atoms with E-state index < -0.39 is 5.60 Å². The summed E-state index contributed by atoms with van der Waals surface area (Å²) in [4.78, 5) is 14.4. The standard InChI is InChI=1S/C20H29NO5/c1-4-26-19(22)21-12-11-20(23)10-6-5-7-16(20)18(21)15-13-14(24-2)8-9-17(15)25-3/h8-9,13,16,18,23H,4-7,10-12H2,1-3H3/t16-,18-,20-/m1/s1. The molecule has 6 nitrogen and oxygen atoms in total. The summed E-state index contributed by atoms with van der Waals surface area (Å²) < 4.78 is 16.3. The van der Waals surface area contributed by atoms with Crippen molar-refractivity contribution in [1.29, 1.82) is 0 Å². The van der Waals surface area contributed by atoms with Gasteiger partial charge in [0, 0.05) is 18.0 Å². The van der Waals surface area contributed by atoms with E-state index >= 15 is 0 Å². The molecule has 3 rings (SSSR count). The predicted molar refractivity (Wildman–Crippen MR) is 97.5 cm³/mol. The summed E-state index contributed by atoms with van der Waals surface area (Å²) in [5.74, 6) is 1.35. The lowest BCUT2D eigenvalue weighted by Gasteiger charge is -2.52. The third kappa shape index (κ3) is 3.34. The first-order valence-electron chi connectivity index (χ1n) is 9.41. The van der Waals surface area contributed by atoms with E-state index in [1.807, 2.05) is 18.2 Å². The molecule has 3 atom stereocenters. The van der Waals surface area contributed by atoms with Crippen molar-refractivity contribution >= 4 is 6.09 Å². The maximum absolute atomic E-state index is 12.7. The normalized spacial score (nSPS) is 28.2. The number of methoxy groups -OCH3 is 2. The minimum absolute atomic E-state index is 0.0459. The zero-order valence-corrected chi connectivity index (χ0v) is 15.9. The Balaban J connectivity index is 2.08. The van der Waals surface area contributed by atoms with Gasteiger partial charge in [-0.15, -0.1) is 0 Å². The van der Waals surface area contributed by atoms with Gasteiger partial charge in [0.15, 0.2) is 0 Å². The predicted octanol–water partition coefficient (Wildman–Crippen LogP) is 3.53. The largest absolute Gasteiger partial charge is 0.497 e. The number of carbonyl (C=O) groups is 1. The van der Waals surface area contributed by atoms with E-state index in [1.54, 1.807) is 26.0 Å². The average Bonchev–Trinajstić information content (AvgIpc) is 2.66. The molecule has 1 heterocycles. The van der Waals surface area contributed by atoms with Crippen LogP contribution in [0.4, 0.5) is 4.79 Å². The topological polar surface area (TPSA) is 68.2 Å². The van der Waals surface area contributed by atoms with Gasteiger partial charge in [0.05, 0.1) is 32.5 Å². The molecule has 0 spiro atoms. The Bertz CT molecular complexity index is 649. The number of fused-ring (bicyclic) bond motifs is 1. The van der Waals surface area contributed by atoms with E-state index in [-0.39, 0.29) is 18.1 Å². The van der Waals surface area contributed by atoms with Crippen molar-refractivity contribution in [2.75, 3.05) is 27.4 Å². The van der Waals surface area contributed by atoms with Gasteiger partial charge in [0.1, 0.15) is 11.5 Å². The average molecular weight is 363 g/mol. The summed E-state index contributed by atoms with van der Waals surface area (Å²) in [5.41, 5.74) is 0.116. The fourth-order valence-corrected chi connectivity index (χ4v) is 4.55. The van der Waals surface area contributed by atoms with E-state index in [0.717, 1.165) is 31.2 Å². The minimum Gasteiger partial charge on any atom is -0.497 e. The first kappa shape index (κ1) is 18.8. The molecule has 2 aliphatic rings. The number of hydrogen-bond acceptors (Lipinski definition) is 5. The van der Waals surface area contributed by atoms with Gasteiger partial charge < -0.3 is 24.2 Å². The second-order valence-electron chi connectivity index (χ2n) is 7.15. The van der Waals surface area contributed by atoms with Crippen LogP contribution in [0.25, 0.3) is 0 Å². The molecule has 1 amide bonds. The molecule has 1 saturated carbocycles. The van der Waals surface area contributed by atoms with Crippen LogP contribution in [0.2, 0.25) is 0 Å². The highest BCUT2D eigenvalue weighted by Gasteiger charge is 2.51. The van der Waals surface area contributed by atoms with Crippen LogP contribution in [0.1, 0.15) is 50.6 Å². The second kappa shape index (κ2) is 7.74. The molecule has 1 N–H and O–H groups in total. The Kier molecular flexibility index (Phi) is 5.61. The molecular formula is C20H29NO5. The highest BCUT2D eigenvalue weighted by molar-refractivity contribution is 5.69. The lowest BCUT2D eigenvalue weighted by atomic mass is 9.66. The van der Waals surface area contributed by atoms with Crippen molar-refractivity contribution in [3.05, 3.63) is 23.8 Å². The van der Waals surface area contributed by atoms with Crippen LogP contribution < -0.4 is 9.47 Å². The molecular weight excluding hydrogens is 334 g/mol. The van der Waals surface area contributed by atoms with E-state index in [2.05, 4.69) is 0 Å². The molecule has 0 bridgehead atoms. The Hall–Kier alpha value is -1.95. The Morgan fingerprint density at radius 3 is 2.77 bits per heavy atom. The van der Waals surface area contributed by atoms with Crippen LogP contribution in [-0.2, 0) is 4.74 Å². The van der Waals surface area contributed by atoms with Crippen molar-refractivity contribution in [2.45, 2.75) is 50.7 Å². The van der Waals surface area contributed by atoms with Crippen LogP contribution in [0.15, 0.2) is 18.2 Å². The van der Waals surface area contributed by atoms with Gasteiger partial charge in [0.2, 0.25) is 0 Å². The fraction of sp³-hybridized carbons (Fsp3) is 0.650. The summed E-state index contributed by atoms with van der Waals surface area (Å²) in [6.45, 7) is 2.60. The number of amides is 1. The zero-order valence-electron chi connectivity index (χ0n) is 15.9. The van der Waals surface area contributed by atoms with Gasteiger partial charge in [-0.2, -0.15) is 0 Å². The molecule has 1 aliphatic heterocycles. The molecule has 0 aromatic heterocycles. The second-order valence-corrected chi connectivity index (χ2v) is 7.15. The third-order valence-electron chi connectivity index (χ3n) is 5.83. The number of aliphatic hydroxyl groups is 1. The van der Waals surface area contributed by atoms with Gasteiger partial charge in [0.25, 0.3) is 0 Å². The summed E-state index contributed by atoms with van der Waals surface area (Å²) >= 11 is 0. The number of carbonyl (C=O) groups excluding carboxylic acids is 1. The van der Waals surface area contributed by atoms with Crippen LogP contribution >= 0.6 is 0 Å². The summed E-state index contributed by atoms with van der Waals surface area (Å²) in [5, 5.41) is 11.3. The summed E-state index contributed by atoms with van der Waals surface area (Å²) in [7, 11) is 3.24. The first-order valence-corrected chi connectivity index (χ1v) is 9.41. The molecule has 144 valence electrons. The van der Waals surface area contributed by atoms with E-state index in [4.69, 9.17) is 14.2 Å². The van der Waals surface area contributed by atoms with E-state index in [1.165, 1.54) is 0 Å². The summed E-state index contributed by atoms with van der Waals surface area (Å²) in [6, 6.07) is 5.31. The highest BCUT2D eigenvalue weighted by atomic mass is 16.6. The molecule has 2 fully saturated rings. The van der Waals surface area contributed by atoms with Crippen molar-refractivity contribution in [1.82, 2.24) is 4.90 Å². The molecule has 0 unspecified atom stereocenters. The van der Waals surface area contributed by atoms with E-state index in [0.29, 0.717) is 31.1 Å². The lowest BCUT2D eigenvalue weighted by Crippen LogP contribution is -2.56. The Morgan fingerprint density at radius 2 is 2.08 bits per heavy atom. The van der Waals surface area contributed by atoms with Crippen LogP contribution in [0.3, 0.4) is 0 Å². The lowest BCUT2D eigenvalue weighted by molar-refractivity contribution is -0.118. The van der Waals surface area contributed by atoms with E-state index in [9.17, 15) is 9.90 Å². The maximum Gasteiger partial charge on any atom is 0.410 e. The molecule has 1 aliphatic carbocycles. The number of hydrogen-bond donors (Lipinski definition) is 1. The van der Waals surface area contributed by atoms with Crippen LogP contribution in [0, 0.1) is 5.92 Å². The van der Waals surface area contributed by atoms with Crippen LogP contribution in [0.5, 0.6) is 11.5 Å². The van der Waals surface area contributed by atoms with Gasteiger partial charge in [-0.3, -0.25) is 0 Å². The van der Waals surface area contributed by atoms with Crippen LogP contribution in [-0.4, -0.2) is 49.1 Å². The Labute approximate surface area is 155 Å². The smallest absolute Gasteiger partial charge is 0.410 e. The number of piperidine rings is 1. The number of benzene rings is 1. The van der Waals surface area contributed by atoms with Crippen molar-refractivity contribution in [3.63, 3.8) is 0 Å². The molecule has 1 aromatic rings. The quantitative estimate of drug-likeness (QED) is 0.886. The highest BCUT2D eigenvalue weighted by Crippen LogP contribution is 2.51. The molecule has 26 heavy (non-hydrogen) atoms. The number of ether oxygens (including phenoxy) is 3. The monoisotopic (exact) mass is 363 g/mol. The summed E-state index contributed by atoms with van der Waals surface area (Å²) in [6.07, 6.45) is 3.96. The van der Waals surface area contributed by atoms with Gasteiger partial charge >= 0.3 is 6.09 Å². The molecule has 1 saturated heterocycles. The zero-order chi connectivity index (χ0) is 18.7. The van der Waals surface area contributed by atoms with Crippen molar-refractivity contribution < 1.29 is 24.1 Å². The van der Waals surface area contributed by atoms with Gasteiger partial charge in [-0.25, -0.2) is 4.79 Å². The van der Waals surface area contributed by atoms with Gasteiger partial charge in [-0.1, -0.05) is 12.8 Å². The third-order valence-corrected chi connectivity index (χ3v) is 5.83. The number of nitrogens with zero attached hydrogens (tertiary/aromatic N) is 1. The van der Waals surface area contributed by atoms with Crippen molar-refractivity contribution in [3.8, 4) is 11.5 Å². The molecule has 6 heteroatoms. The molecule has 1 aromatic carbocycles. The van der Waals surface area contributed by atoms with Crippen molar-refractivity contribution in [2.24, 2.45) is 5.92 Å². The fourth-order valence-electron chi connectivity index (χ4n) is 4.55. The minimum atomic E-state index is -0.750. The maximum atomic E-state index is 12.7. The van der Waals surface area contributed by atoms with Gasteiger partial charge in [-0.05, 0) is 44.4 Å². The number of likely N-dealkylation sites (tertiary alicyclic amines) is 1.